The molecule has 0 aliphatic carbocycles. The molecule has 1 N–H and O–H groups in total. The van der Waals surface area contributed by atoms with Crippen LogP contribution in [0.1, 0.15) is 41.0 Å². The van der Waals surface area contributed by atoms with Gasteiger partial charge in [0.2, 0.25) is 10.0 Å². The molecule has 5 nitrogen and oxygen atoms in total. The minimum Gasteiger partial charge on any atom is -0.264 e. The summed E-state index contributed by atoms with van der Waals surface area (Å²) in [6.07, 6.45) is 2.58. The zero-order valence-electron chi connectivity index (χ0n) is 16.9. The third-order valence-electron chi connectivity index (χ3n) is 5.15. The molecule has 2 aromatic carbocycles. The highest BCUT2D eigenvalue weighted by Crippen LogP contribution is 2.29. The fraction of sp³-hybridized carbons (Fsp3) is 0.261. The highest BCUT2D eigenvalue weighted by atomic mass is 32.2. The minimum atomic E-state index is -3.59. The predicted molar refractivity (Wildman–Crippen MR) is 124 cm³/mol. The number of benzene rings is 2. The lowest BCUT2D eigenvalue weighted by Gasteiger charge is -2.14. The van der Waals surface area contributed by atoms with Crippen molar-refractivity contribution < 1.29 is 8.42 Å². The SMILES string of the molecule is C[C@@H](NS(=O)(=O)C=Cc1nn(Cc2ccccc2)c2c1CSCC2)c1ccccc1. The smallest absolute Gasteiger partial charge is 0.234 e. The van der Waals surface area contributed by atoms with Crippen LogP contribution in [0.2, 0.25) is 0 Å². The van der Waals surface area contributed by atoms with Gasteiger partial charge in [-0.2, -0.15) is 16.9 Å². The fourth-order valence-electron chi connectivity index (χ4n) is 3.61. The largest absolute Gasteiger partial charge is 0.264 e. The van der Waals surface area contributed by atoms with E-state index in [9.17, 15) is 8.42 Å². The molecule has 0 saturated heterocycles. The van der Waals surface area contributed by atoms with Crippen LogP contribution in [0.4, 0.5) is 0 Å². The molecule has 1 atom stereocenters. The molecule has 0 unspecified atom stereocenters. The van der Waals surface area contributed by atoms with E-state index in [4.69, 9.17) is 5.10 Å². The highest BCUT2D eigenvalue weighted by molar-refractivity contribution is 7.98. The Balaban J connectivity index is 1.55. The van der Waals surface area contributed by atoms with E-state index in [2.05, 4.69) is 16.9 Å². The summed E-state index contributed by atoms with van der Waals surface area (Å²) in [5.41, 5.74) is 5.20. The number of aromatic nitrogens is 2. The second-order valence-corrected chi connectivity index (χ2v) is 10.1. The predicted octanol–water partition coefficient (Wildman–Crippen LogP) is 4.37. The second kappa shape index (κ2) is 9.20. The molecule has 30 heavy (non-hydrogen) atoms. The van der Waals surface area contributed by atoms with Crippen molar-refractivity contribution >= 4 is 27.9 Å². The van der Waals surface area contributed by atoms with Gasteiger partial charge in [-0.3, -0.25) is 4.68 Å². The van der Waals surface area contributed by atoms with E-state index in [1.54, 1.807) is 6.08 Å². The molecule has 3 aromatic rings. The van der Waals surface area contributed by atoms with Crippen LogP contribution in [-0.4, -0.2) is 24.0 Å². The van der Waals surface area contributed by atoms with Crippen LogP contribution >= 0.6 is 11.8 Å². The number of hydrogen-bond donors (Lipinski definition) is 1. The number of rotatable bonds is 7. The van der Waals surface area contributed by atoms with Gasteiger partial charge >= 0.3 is 0 Å². The van der Waals surface area contributed by atoms with Crippen LogP contribution in [0.15, 0.2) is 66.1 Å². The van der Waals surface area contributed by atoms with E-state index < -0.39 is 10.0 Å². The van der Waals surface area contributed by atoms with Crippen molar-refractivity contribution in [3.63, 3.8) is 0 Å². The topological polar surface area (TPSA) is 64.0 Å². The molecule has 0 radical (unpaired) electrons. The van der Waals surface area contributed by atoms with Crippen LogP contribution in [0.3, 0.4) is 0 Å². The summed E-state index contributed by atoms with van der Waals surface area (Å²) >= 11 is 1.86. The molecular formula is C23H25N3O2S2. The molecule has 0 spiro atoms. The number of nitrogens with one attached hydrogen (secondary N) is 1. The molecule has 4 rings (SSSR count). The van der Waals surface area contributed by atoms with E-state index in [1.807, 2.05) is 71.9 Å². The fourth-order valence-corrected chi connectivity index (χ4v) is 5.62. The van der Waals surface area contributed by atoms with Crippen molar-refractivity contribution in [2.24, 2.45) is 0 Å². The first-order valence-corrected chi connectivity index (χ1v) is 12.7. The van der Waals surface area contributed by atoms with E-state index in [0.29, 0.717) is 6.54 Å². The van der Waals surface area contributed by atoms with Gasteiger partial charge in [0.05, 0.1) is 12.2 Å². The van der Waals surface area contributed by atoms with E-state index >= 15 is 0 Å². The lowest BCUT2D eigenvalue weighted by Crippen LogP contribution is -2.24. The Labute approximate surface area is 182 Å². The maximum atomic E-state index is 12.6. The summed E-state index contributed by atoms with van der Waals surface area (Å²) in [6, 6.07) is 19.5. The zero-order valence-corrected chi connectivity index (χ0v) is 18.5. The van der Waals surface area contributed by atoms with Gasteiger partial charge in [0.1, 0.15) is 0 Å². The Morgan fingerprint density at radius 2 is 1.83 bits per heavy atom. The van der Waals surface area contributed by atoms with Gasteiger partial charge in [-0.05, 0) is 36.3 Å². The average molecular weight is 440 g/mol. The molecule has 1 aliphatic heterocycles. The van der Waals surface area contributed by atoms with Crippen molar-refractivity contribution in [1.29, 1.82) is 0 Å². The normalized spacial score (nSPS) is 15.2. The molecule has 0 saturated carbocycles. The second-order valence-electron chi connectivity index (χ2n) is 7.35. The maximum absolute atomic E-state index is 12.6. The number of sulfonamides is 1. The minimum absolute atomic E-state index is 0.305. The van der Waals surface area contributed by atoms with Crippen LogP contribution in [0.25, 0.3) is 6.08 Å². The first-order valence-electron chi connectivity index (χ1n) is 9.97. The van der Waals surface area contributed by atoms with Gasteiger partial charge < -0.3 is 0 Å². The highest BCUT2D eigenvalue weighted by Gasteiger charge is 2.21. The first-order chi connectivity index (χ1) is 14.5. The van der Waals surface area contributed by atoms with Crippen molar-refractivity contribution in [2.45, 2.75) is 31.7 Å². The summed E-state index contributed by atoms with van der Waals surface area (Å²) in [5.74, 6) is 1.92. The summed E-state index contributed by atoms with van der Waals surface area (Å²) in [7, 11) is -3.59. The number of thioether (sulfide) groups is 1. The quantitative estimate of drug-likeness (QED) is 0.594. The average Bonchev–Trinajstić information content (AvgIpc) is 3.11. The molecule has 7 heteroatoms. The van der Waals surface area contributed by atoms with Gasteiger partial charge in [-0.1, -0.05) is 60.7 Å². The Kier molecular flexibility index (Phi) is 6.41. The number of hydrogen-bond acceptors (Lipinski definition) is 4. The third-order valence-corrected chi connectivity index (χ3v) is 7.31. The third kappa shape index (κ3) is 5.03. The summed E-state index contributed by atoms with van der Waals surface area (Å²) in [5, 5.41) is 5.99. The zero-order chi connectivity index (χ0) is 21.0. The summed E-state index contributed by atoms with van der Waals surface area (Å²) < 4.78 is 30.0. The van der Waals surface area contributed by atoms with Gasteiger partial charge in [-0.15, -0.1) is 0 Å². The Bertz CT molecular complexity index is 1120. The van der Waals surface area contributed by atoms with Crippen molar-refractivity contribution in [3.8, 4) is 0 Å². The summed E-state index contributed by atoms with van der Waals surface area (Å²) in [6.45, 7) is 2.53. The number of fused-ring (bicyclic) bond motifs is 1. The van der Waals surface area contributed by atoms with Crippen molar-refractivity contribution in [3.05, 3.63) is 94.1 Å². The molecule has 1 aromatic heterocycles. The van der Waals surface area contributed by atoms with Crippen molar-refractivity contribution in [1.82, 2.24) is 14.5 Å². The lowest BCUT2D eigenvalue weighted by atomic mass is 10.1. The molecule has 156 valence electrons. The number of nitrogens with zero attached hydrogens (tertiary/aromatic N) is 2. The molecule has 2 heterocycles. The Morgan fingerprint density at radius 3 is 2.57 bits per heavy atom. The van der Waals surface area contributed by atoms with Crippen LogP contribution in [0, 0.1) is 0 Å². The van der Waals surface area contributed by atoms with Gasteiger partial charge in [0, 0.05) is 28.5 Å². The van der Waals surface area contributed by atoms with E-state index in [-0.39, 0.29) is 6.04 Å². The Morgan fingerprint density at radius 1 is 1.13 bits per heavy atom. The van der Waals surface area contributed by atoms with Crippen molar-refractivity contribution in [2.75, 3.05) is 5.75 Å². The first kappa shape index (κ1) is 20.9. The maximum Gasteiger partial charge on any atom is 0.234 e. The molecule has 1 aliphatic rings. The molecule has 0 bridgehead atoms. The van der Waals surface area contributed by atoms with Crippen LogP contribution in [-0.2, 0) is 28.7 Å². The van der Waals surface area contributed by atoms with Gasteiger partial charge in [0.15, 0.2) is 0 Å². The van der Waals surface area contributed by atoms with Gasteiger partial charge in [-0.25, -0.2) is 13.1 Å². The van der Waals surface area contributed by atoms with E-state index in [0.717, 1.165) is 34.7 Å². The summed E-state index contributed by atoms with van der Waals surface area (Å²) in [4.78, 5) is 0. The molecular weight excluding hydrogens is 414 g/mol. The molecule has 0 amide bonds. The Hall–Kier alpha value is -2.35. The van der Waals surface area contributed by atoms with Crippen LogP contribution in [0.5, 0.6) is 0 Å². The standard InChI is InChI=1S/C23H25N3O2S2/c1-18(20-10-6-3-7-11-20)25-30(27,28)15-13-22-21-17-29-14-12-23(21)26(24-22)16-19-8-4-2-5-9-19/h2-11,13,15,18,25H,12,14,16-17H2,1H3/t18-/m1/s1. The van der Waals surface area contributed by atoms with E-state index in [1.165, 1.54) is 16.7 Å². The van der Waals surface area contributed by atoms with Gasteiger partial charge in [0.25, 0.3) is 0 Å². The van der Waals surface area contributed by atoms with Crippen LogP contribution < -0.4 is 4.72 Å². The lowest BCUT2D eigenvalue weighted by molar-refractivity contribution is 0.576. The molecule has 0 fully saturated rings. The monoisotopic (exact) mass is 439 g/mol.